The zero-order valence-corrected chi connectivity index (χ0v) is 6.68. The SMILES string of the molecule is CCO[SiH2]CC=CN. The first kappa shape index (κ1) is 7.72. The second-order valence-corrected chi connectivity index (χ2v) is 2.81. The number of hydrogen-bond donors (Lipinski definition) is 1. The summed E-state index contributed by atoms with van der Waals surface area (Å²) >= 11 is 0. The maximum Gasteiger partial charge on any atom is 0.165 e. The van der Waals surface area contributed by atoms with Crippen LogP contribution in [0.2, 0.25) is 6.04 Å². The van der Waals surface area contributed by atoms with Crippen molar-refractivity contribution < 1.29 is 4.43 Å². The number of rotatable bonds is 4. The van der Waals surface area contributed by atoms with Gasteiger partial charge in [-0.05, 0) is 19.2 Å². The number of hydrogen-bond acceptors (Lipinski definition) is 2. The van der Waals surface area contributed by atoms with Crippen LogP contribution in [0.5, 0.6) is 0 Å². The molecule has 0 aromatic heterocycles. The van der Waals surface area contributed by atoms with Crippen LogP contribution >= 0.6 is 0 Å². The van der Waals surface area contributed by atoms with E-state index < -0.39 is 0 Å². The quantitative estimate of drug-likeness (QED) is 0.430. The fourth-order valence-electron chi connectivity index (χ4n) is 0.392. The Morgan fingerprint density at radius 2 is 2.50 bits per heavy atom. The third kappa shape index (κ3) is 5.72. The maximum atomic E-state index is 5.17. The predicted octanol–water partition coefficient (Wildman–Crippen LogP) is -0.00260. The number of nitrogens with two attached hydrogens (primary N) is 1. The molecule has 0 radical (unpaired) electrons. The third-order valence-corrected chi connectivity index (χ3v) is 2.04. The molecule has 0 heterocycles. The van der Waals surface area contributed by atoms with E-state index in [1.54, 1.807) is 6.20 Å². The van der Waals surface area contributed by atoms with Crippen molar-refractivity contribution in [3.8, 4) is 0 Å². The van der Waals surface area contributed by atoms with Gasteiger partial charge in [0.05, 0.1) is 0 Å². The highest BCUT2D eigenvalue weighted by Crippen LogP contribution is 1.79. The van der Waals surface area contributed by atoms with Crippen molar-refractivity contribution >= 4 is 9.76 Å². The van der Waals surface area contributed by atoms with Gasteiger partial charge < -0.3 is 10.2 Å². The van der Waals surface area contributed by atoms with Gasteiger partial charge in [-0.25, -0.2) is 0 Å². The average molecular weight is 131 g/mol. The van der Waals surface area contributed by atoms with Gasteiger partial charge in [0.1, 0.15) is 0 Å². The molecule has 2 N–H and O–H groups in total. The van der Waals surface area contributed by atoms with E-state index in [1.807, 2.05) is 13.0 Å². The van der Waals surface area contributed by atoms with E-state index in [2.05, 4.69) is 0 Å². The lowest BCUT2D eigenvalue weighted by molar-refractivity contribution is 0.362. The summed E-state index contributed by atoms with van der Waals surface area (Å²) in [6.45, 7) is 2.86. The Morgan fingerprint density at radius 3 is 3.00 bits per heavy atom. The van der Waals surface area contributed by atoms with Gasteiger partial charge in [-0.15, -0.1) is 0 Å². The van der Waals surface area contributed by atoms with Crippen molar-refractivity contribution in [2.75, 3.05) is 6.61 Å². The Balaban J connectivity index is 2.72. The first-order chi connectivity index (χ1) is 3.91. The van der Waals surface area contributed by atoms with E-state index in [0.717, 1.165) is 12.7 Å². The molecule has 0 aliphatic rings. The van der Waals surface area contributed by atoms with E-state index in [9.17, 15) is 0 Å². The van der Waals surface area contributed by atoms with Crippen LogP contribution in [0.15, 0.2) is 12.3 Å². The molecule has 48 valence electrons. The molecule has 0 saturated carbocycles. The van der Waals surface area contributed by atoms with Crippen molar-refractivity contribution in [1.29, 1.82) is 0 Å². The summed E-state index contributed by atoms with van der Waals surface area (Å²) < 4.78 is 5.17. The molecule has 3 heteroatoms. The normalized spacial score (nSPS) is 12.1. The summed E-state index contributed by atoms with van der Waals surface area (Å²) in [5.74, 6) is 0. The molecule has 0 aliphatic heterocycles. The monoisotopic (exact) mass is 131 g/mol. The van der Waals surface area contributed by atoms with Crippen molar-refractivity contribution in [2.24, 2.45) is 5.73 Å². The summed E-state index contributed by atoms with van der Waals surface area (Å²) in [5, 5.41) is 0. The van der Waals surface area contributed by atoms with Gasteiger partial charge in [-0.3, -0.25) is 0 Å². The van der Waals surface area contributed by atoms with E-state index in [0.29, 0.717) is 0 Å². The fourth-order valence-corrected chi connectivity index (χ4v) is 1.18. The minimum Gasteiger partial charge on any atom is -0.424 e. The van der Waals surface area contributed by atoms with E-state index in [4.69, 9.17) is 10.2 Å². The van der Waals surface area contributed by atoms with Gasteiger partial charge in [-0.2, -0.15) is 0 Å². The molecule has 0 amide bonds. The second-order valence-electron chi connectivity index (χ2n) is 1.41. The Morgan fingerprint density at radius 1 is 1.75 bits per heavy atom. The van der Waals surface area contributed by atoms with Crippen LogP contribution in [0.3, 0.4) is 0 Å². The molecule has 0 rings (SSSR count). The topological polar surface area (TPSA) is 35.2 Å². The second kappa shape index (κ2) is 6.72. The Labute approximate surface area is 52.7 Å². The van der Waals surface area contributed by atoms with Gasteiger partial charge in [0, 0.05) is 6.61 Å². The number of allylic oxidation sites excluding steroid dienone is 1. The standard InChI is InChI=1S/C5H13NOSi/c1-2-7-8-5-3-4-6/h3-4H,2,5-6,8H2,1H3. The van der Waals surface area contributed by atoms with Crippen LogP contribution in [0.4, 0.5) is 0 Å². The molecule has 0 saturated heterocycles. The van der Waals surface area contributed by atoms with E-state index in [-0.39, 0.29) is 9.76 Å². The Hall–Kier alpha value is -0.283. The van der Waals surface area contributed by atoms with Crippen molar-refractivity contribution in [3.63, 3.8) is 0 Å². The molecule has 0 spiro atoms. The summed E-state index contributed by atoms with van der Waals surface area (Å²) in [7, 11) is -0.267. The highest BCUT2D eigenvalue weighted by molar-refractivity contribution is 6.27. The fraction of sp³-hybridized carbons (Fsp3) is 0.600. The smallest absolute Gasteiger partial charge is 0.165 e. The van der Waals surface area contributed by atoms with E-state index in [1.165, 1.54) is 0 Å². The van der Waals surface area contributed by atoms with Crippen LogP contribution in [-0.2, 0) is 4.43 Å². The molecule has 0 atom stereocenters. The minimum atomic E-state index is -0.267. The zero-order chi connectivity index (χ0) is 6.24. The predicted molar refractivity (Wildman–Crippen MR) is 38.3 cm³/mol. The largest absolute Gasteiger partial charge is 0.424 e. The molecule has 0 aromatic rings. The first-order valence-corrected chi connectivity index (χ1v) is 4.44. The van der Waals surface area contributed by atoms with Gasteiger partial charge in [0.2, 0.25) is 0 Å². The van der Waals surface area contributed by atoms with Crippen LogP contribution in [0.1, 0.15) is 6.92 Å². The van der Waals surface area contributed by atoms with Gasteiger partial charge in [-0.1, -0.05) is 6.08 Å². The summed E-state index contributed by atoms with van der Waals surface area (Å²) in [6, 6.07) is 1.06. The van der Waals surface area contributed by atoms with Gasteiger partial charge in [0.25, 0.3) is 0 Å². The lowest BCUT2D eigenvalue weighted by Crippen LogP contribution is -1.95. The third-order valence-electron chi connectivity index (χ3n) is 0.769. The Kier molecular flexibility index (Phi) is 6.48. The lowest BCUT2D eigenvalue weighted by Gasteiger charge is -1.92. The molecule has 2 nitrogen and oxygen atoms in total. The van der Waals surface area contributed by atoms with Crippen molar-refractivity contribution in [3.05, 3.63) is 12.3 Å². The molecular weight excluding hydrogens is 118 g/mol. The summed E-state index contributed by atoms with van der Waals surface area (Å²) in [4.78, 5) is 0. The molecule has 0 bridgehead atoms. The van der Waals surface area contributed by atoms with Crippen LogP contribution in [0.25, 0.3) is 0 Å². The van der Waals surface area contributed by atoms with Gasteiger partial charge in [0.15, 0.2) is 9.76 Å². The van der Waals surface area contributed by atoms with Crippen LogP contribution in [0, 0.1) is 0 Å². The van der Waals surface area contributed by atoms with Crippen LogP contribution in [-0.4, -0.2) is 16.4 Å². The highest BCUT2D eigenvalue weighted by Gasteiger charge is 1.79. The highest BCUT2D eigenvalue weighted by atomic mass is 28.2. The lowest BCUT2D eigenvalue weighted by atomic mass is 10.7. The molecule has 0 aliphatic carbocycles. The molecular formula is C5H13NOSi. The van der Waals surface area contributed by atoms with Crippen molar-refractivity contribution in [1.82, 2.24) is 0 Å². The molecule has 8 heavy (non-hydrogen) atoms. The minimum absolute atomic E-state index is 0.267. The Bertz CT molecular complexity index is 65.4. The van der Waals surface area contributed by atoms with Crippen molar-refractivity contribution in [2.45, 2.75) is 13.0 Å². The molecule has 0 unspecified atom stereocenters. The van der Waals surface area contributed by atoms with Crippen LogP contribution < -0.4 is 5.73 Å². The maximum absolute atomic E-state index is 5.17. The van der Waals surface area contributed by atoms with E-state index >= 15 is 0 Å². The molecule has 0 fully saturated rings. The van der Waals surface area contributed by atoms with Gasteiger partial charge >= 0.3 is 0 Å². The molecule has 0 aromatic carbocycles. The summed E-state index contributed by atoms with van der Waals surface area (Å²) in [6.07, 6.45) is 3.52. The average Bonchev–Trinajstić information content (AvgIpc) is 1.81. The summed E-state index contributed by atoms with van der Waals surface area (Å²) in [5.41, 5.74) is 5.10. The first-order valence-electron chi connectivity index (χ1n) is 2.86. The zero-order valence-electron chi connectivity index (χ0n) is 5.26.